The van der Waals surface area contributed by atoms with Crippen LogP contribution in [0, 0.1) is 0 Å². The fourth-order valence-electron chi connectivity index (χ4n) is 0.214. The summed E-state index contributed by atoms with van der Waals surface area (Å²) >= 11 is 1.32. The molecule has 2 nitrogen and oxygen atoms in total. The van der Waals surface area contributed by atoms with Crippen LogP contribution in [0.3, 0.4) is 0 Å². The number of rotatable bonds is 2. The van der Waals surface area contributed by atoms with E-state index < -0.39 is 9.84 Å². The number of sulfone groups is 1. The zero-order valence-electron chi connectivity index (χ0n) is 4.34. The summed E-state index contributed by atoms with van der Waals surface area (Å²) in [6, 6.07) is 0. The van der Waals surface area contributed by atoms with Crippen molar-refractivity contribution in [3.8, 4) is 0 Å². The highest BCUT2D eigenvalue weighted by Gasteiger charge is 1.95. The Kier molecular flexibility index (Phi) is 2.68. The molecule has 0 saturated heterocycles. The molecule has 0 aliphatic rings. The second-order valence-electron chi connectivity index (χ2n) is 1.33. The van der Waals surface area contributed by atoms with Gasteiger partial charge in [-0.15, -0.1) is 11.8 Å². The third-order valence-electron chi connectivity index (χ3n) is 0.332. The monoisotopic (exact) mass is 140 g/mol. The zero-order valence-corrected chi connectivity index (χ0v) is 5.97. The van der Waals surface area contributed by atoms with Crippen LogP contribution in [0.1, 0.15) is 0 Å². The normalized spacial score (nSPS) is 11.7. The molecule has 7 heavy (non-hydrogen) atoms. The van der Waals surface area contributed by atoms with Crippen LogP contribution < -0.4 is 0 Å². The average Bonchev–Trinajstić information content (AvgIpc) is 1.30. The Bertz CT molecular complexity index is 124. The van der Waals surface area contributed by atoms with Crippen molar-refractivity contribution >= 4 is 21.6 Å². The van der Waals surface area contributed by atoms with E-state index in [0.717, 1.165) is 0 Å². The molecule has 0 aromatic rings. The molecule has 0 unspecified atom stereocenters. The van der Waals surface area contributed by atoms with E-state index in [1.54, 1.807) is 6.26 Å². The molecule has 0 radical (unpaired) electrons. The standard InChI is InChI=1S/C3H8O2S2/c1-6-3-7(2,4)5/h3H2,1-2H3. The average molecular weight is 140 g/mol. The topological polar surface area (TPSA) is 34.1 Å². The Balaban J connectivity index is 3.60. The summed E-state index contributed by atoms with van der Waals surface area (Å²) in [6.45, 7) is 0. The predicted molar refractivity (Wildman–Crippen MR) is 33.2 cm³/mol. The van der Waals surface area contributed by atoms with Crippen LogP contribution in [-0.2, 0) is 9.84 Å². The lowest BCUT2D eigenvalue weighted by Gasteiger charge is -1.87. The molecular formula is C3H8O2S2. The van der Waals surface area contributed by atoms with E-state index in [2.05, 4.69) is 0 Å². The zero-order chi connectivity index (χ0) is 5.91. The van der Waals surface area contributed by atoms with Gasteiger partial charge in [-0.3, -0.25) is 0 Å². The molecule has 0 aromatic carbocycles. The molecule has 0 N–H and O–H groups in total. The van der Waals surface area contributed by atoms with Crippen molar-refractivity contribution in [3.05, 3.63) is 0 Å². The minimum atomic E-state index is -2.71. The van der Waals surface area contributed by atoms with Crippen LogP contribution in [0.15, 0.2) is 0 Å². The summed E-state index contributed by atoms with van der Waals surface area (Å²) in [5.41, 5.74) is 0. The minimum absolute atomic E-state index is 0.229. The fourth-order valence-corrected chi connectivity index (χ4v) is 1.93. The van der Waals surface area contributed by atoms with Crippen LogP contribution in [0.2, 0.25) is 0 Å². The third kappa shape index (κ3) is 6.30. The summed E-state index contributed by atoms with van der Waals surface area (Å²) in [7, 11) is -2.71. The SMILES string of the molecule is CSCS(C)(=O)=O. The van der Waals surface area contributed by atoms with E-state index in [1.165, 1.54) is 18.0 Å². The Morgan fingerprint density at radius 2 is 2.00 bits per heavy atom. The summed E-state index contributed by atoms with van der Waals surface area (Å²) < 4.78 is 20.4. The van der Waals surface area contributed by atoms with Crippen molar-refractivity contribution in [2.75, 3.05) is 17.6 Å². The molecule has 0 heterocycles. The highest BCUT2D eigenvalue weighted by Crippen LogP contribution is 1.95. The fraction of sp³-hybridized carbons (Fsp3) is 1.00. The third-order valence-corrected chi connectivity index (χ3v) is 2.99. The van der Waals surface area contributed by atoms with Crippen molar-refractivity contribution < 1.29 is 8.42 Å². The van der Waals surface area contributed by atoms with Crippen molar-refractivity contribution in [1.29, 1.82) is 0 Å². The van der Waals surface area contributed by atoms with E-state index in [9.17, 15) is 8.42 Å². The first-order chi connectivity index (χ1) is 3.06. The Morgan fingerprint density at radius 1 is 1.57 bits per heavy atom. The van der Waals surface area contributed by atoms with Gasteiger partial charge in [-0.05, 0) is 6.26 Å². The first-order valence-electron chi connectivity index (χ1n) is 1.73. The lowest BCUT2D eigenvalue weighted by atomic mass is 11.9. The summed E-state index contributed by atoms with van der Waals surface area (Å²) in [5.74, 6) is 0. The molecule has 0 aromatic heterocycles. The maximum atomic E-state index is 10.2. The van der Waals surface area contributed by atoms with Gasteiger partial charge in [0.15, 0.2) is 9.84 Å². The second-order valence-corrected chi connectivity index (χ2v) is 4.70. The Labute approximate surface area is 48.2 Å². The summed E-state index contributed by atoms with van der Waals surface area (Å²) in [5, 5.41) is 0.229. The predicted octanol–water partition coefficient (Wildman–Crippen LogP) is 0.352. The lowest BCUT2D eigenvalue weighted by Crippen LogP contribution is -1.97. The van der Waals surface area contributed by atoms with Crippen molar-refractivity contribution in [2.45, 2.75) is 0 Å². The molecule has 0 bridgehead atoms. The van der Waals surface area contributed by atoms with Gasteiger partial charge in [0.1, 0.15) is 0 Å². The highest BCUT2D eigenvalue weighted by molar-refractivity contribution is 8.11. The first kappa shape index (κ1) is 7.30. The quantitative estimate of drug-likeness (QED) is 0.555. The second kappa shape index (κ2) is 2.57. The van der Waals surface area contributed by atoms with Crippen LogP contribution >= 0.6 is 11.8 Å². The Morgan fingerprint density at radius 3 is 2.00 bits per heavy atom. The Hall–Kier alpha value is 0.300. The van der Waals surface area contributed by atoms with Gasteiger partial charge in [0.25, 0.3) is 0 Å². The van der Waals surface area contributed by atoms with Crippen molar-refractivity contribution in [3.63, 3.8) is 0 Å². The lowest BCUT2D eigenvalue weighted by molar-refractivity contribution is 0.606. The smallest absolute Gasteiger partial charge is 0.156 e. The molecule has 0 saturated carbocycles. The van der Waals surface area contributed by atoms with Gasteiger partial charge < -0.3 is 0 Å². The van der Waals surface area contributed by atoms with Crippen LogP contribution in [0.5, 0.6) is 0 Å². The van der Waals surface area contributed by atoms with E-state index in [-0.39, 0.29) is 5.08 Å². The van der Waals surface area contributed by atoms with E-state index in [4.69, 9.17) is 0 Å². The molecule has 0 aliphatic carbocycles. The molecule has 4 heteroatoms. The van der Waals surface area contributed by atoms with Gasteiger partial charge in [0.05, 0.1) is 5.08 Å². The summed E-state index contributed by atoms with van der Waals surface area (Å²) in [6.07, 6.45) is 2.99. The number of hydrogen-bond acceptors (Lipinski definition) is 3. The summed E-state index contributed by atoms with van der Waals surface area (Å²) in [4.78, 5) is 0. The van der Waals surface area contributed by atoms with E-state index in [0.29, 0.717) is 0 Å². The van der Waals surface area contributed by atoms with Crippen molar-refractivity contribution in [1.82, 2.24) is 0 Å². The highest BCUT2D eigenvalue weighted by atomic mass is 32.3. The number of thioether (sulfide) groups is 1. The van der Waals surface area contributed by atoms with Gasteiger partial charge in [-0.1, -0.05) is 0 Å². The largest absolute Gasteiger partial charge is 0.228 e. The minimum Gasteiger partial charge on any atom is -0.228 e. The number of hydrogen-bond donors (Lipinski definition) is 0. The molecule has 0 amide bonds. The van der Waals surface area contributed by atoms with Crippen molar-refractivity contribution in [2.24, 2.45) is 0 Å². The molecular weight excluding hydrogens is 132 g/mol. The van der Waals surface area contributed by atoms with Gasteiger partial charge in [-0.25, -0.2) is 8.42 Å². The molecule has 0 spiro atoms. The molecule has 0 aliphatic heterocycles. The van der Waals surface area contributed by atoms with Gasteiger partial charge in [0.2, 0.25) is 0 Å². The molecule has 44 valence electrons. The molecule has 0 atom stereocenters. The van der Waals surface area contributed by atoms with Gasteiger partial charge >= 0.3 is 0 Å². The molecule has 0 rings (SSSR count). The maximum absolute atomic E-state index is 10.2. The van der Waals surface area contributed by atoms with Gasteiger partial charge in [0, 0.05) is 6.26 Å². The van der Waals surface area contributed by atoms with Gasteiger partial charge in [-0.2, -0.15) is 0 Å². The molecule has 0 fully saturated rings. The van der Waals surface area contributed by atoms with E-state index >= 15 is 0 Å². The van der Waals surface area contributed by atoms with Crippen LogP contribution in [0.25, 0.3) is 0 Å². The van der Waals surface area contributed by atoms with Crippen LogP contribution in [-0.4, -0.2) is 26.0 Å². The van der Waals surface area contributed by atoms with E-state index in [1.807, 2.05) is 0 Å². The maximum Gasteiger partial charge on any atom is 0.156 e. The first-order valence-corrected chi connectivity index (χ1v) is 5.18. The van der Waals surface area contributed by atoms with Crippen LogP contribution in [0.4, 0.5) is 0 Å².